The Morgan fingerprint density at radius 1 is 0.500 bits per heavy atom. The Labute approximate surface area is 305 Å². The van der Waals surface area contributed by atoms with Crippen molar-refractivity contribution in [1.29, 1.82) is 0 Å². The third-order valence-corrected chi connectivity index (χ3v) is 11.6. The van der Waals surface area contributed by atoms with Gasteiger partial charge in [0.25, 0.3) is 0 Å². The normalized spacial score (nSPS) is 11.9. The molecule has 0 fully saturated rings. The number of thiophene rings is 1. The van der Waals surface area contributed by atoms with E-state index >= 15 is 0 Å². The van der Waals surface area contributed by atoms with Gasteiger partial charge in [-0.2, -0.15) is 0 Å². The quantitative estimate of drug-likeness (QED) is 0.163. The standard InChI is InChI=1S/C49H32O2S/c1-3-12-34-33(4-2)48(40-18-10-9-17-39(40)46(34)31-23-25-50-28-31)42-19-11-20-43-49(42)41-22-21-30(27-44(41)52-43)45-35-13-5-7-15-37(35)47(32-24-26-51-29-32)38-16-8-6-14-36(38)45/h3-29H,2H2,1H3/b12-3-. The van der Waals surface area contributed by atoms with E-state index in [1.54, 1.807) is 12.5 Å². The topological polar surface area (TPSA) is 26.3 Å². The molecular formula is C49H32O2S. The number of hydrogen-bond donors (Lipinski definition) is 0. The van der Waals surface area contributed by atoms with Crippen molar-refractivity contribution >= 4 is 76.0 Å². The zero-order valence-corrected chi connectivity index (χ0v) is 29.3. The molecule has 3 aromatic heterocycles. The summed E-state index contributed by atoms with van der Waals surface area (Å²) in [7, 11) is 0. The lowest BCUT2D eigenvalue weighted by molar-refractivity contribution is 0.568. The summed E-state index contributed by atoms with van der Waals surface area (Å²) < 4.78 is 13.7. The SMILES string of the molecule is C=Cc1c(/C=C\C)c(-c2ccoc2)c2ccccc2c1-c1cccc2sc3cc(-c4c5ccccc5c(-c5ccoc5)c5ccccc45)ccc3c12. The molecule has 3 heterocycles. The number of hydrogen-bond acceptors (Lipinski definition) is 3. The van der Waals surface area contributed by atoms with Crippen molar-refractivity contribution in [3.8, 4) is 44.5 Å². The van der Waals surface area contributed by atoms with Crippen LogP contribution in [0.2, 0.25) is 0 Å². The van der Waals surface area contributed by atoms with E-state index in [0.717, 1.165) is 27.8 Å². The Morgan fingerprint density at radius 3 is 1.62 bits per heavy atom. The van der Waals surface area contributed by atoms with Gasteiger partial charge in [-0.25, -0.2) is 0 Å². The highest BCUT2D eigenvalue weighted by Gasteiger charge is 2.23. The van der Waals surface area contributed by atoms with Gasteiger partial charge in [-0.3, -0.25) is 0 Å². The first-order valence-corrected chi connectivity index (χ1v) is 18.3. The molecule has 7 aromatic carbocycles. The smallest absolute Gasteiger partial charge is 0.0981 e. The minimum Gasteiger partial charge on any atom is -0.472 e. The van der Waals surface area contributed by atoms with Gasteiger partial charge in [0.1, 0.15) is 0 Å². The van der Waals surface area contributed by atoms with Gasteiger partial charge < -0.3 is 8.83 Å². The number of fused-ring (bicyclic) bond motifs is 6. The summed E-state index contributed by atoms with van der Waals surface area (Å²) in [6.45, 7) is 6.45. The van der Waals surface area contributed by atoms with Gasteiger partial charge in [0.15, 0.2) is 0 Å². The lowest BCUT2D eigenvalue weighted by Crippen LogP contribution is -1.96. The fourth-order valence-electron chi connectivity index (χ4n) is 8.39. The highest BCUT2D eigenvalue weighted by molar-refractivity contribution is 7.26. The van der Waals surface area contributed by atoms with Gasteiger partial charge in [0.05, 0.1) is 25.1 Å². The average molecular weight is 685 g/mol. The van der Waals surface area contributed by atoms with Crippen molar-refractivity contribution in [1.82, 2.24) is 0 Å². The molecule has 2 nitrogen and oxygen atoms in total. The molecule has 3 heteroatoms. The van der Waals surface area contributed by atoms with Crippen LogP contribution in [0.15, 0.2) is 168 Å². The first-order valence-electron chi connectivity index (χ1n) is 17.5. The maximum absolute atomic E-state index is 5.59. The number of benzene rings is 7. The number of rotatable bonds is 6. The van der Waals surface area contributed by atoms with Crippen molar-refractivity contribution in [3.05, 3.63) is 170 Å². The number of furan rings is 2. The van der Waals surface area contributed by atoms with E-state index in [9.17, 15) is 0 Å². The molecule has 0 aliphatic rings. The summed E-state index contributed by atoms with van der Waals surface area (Å²) in [5, 5.41) is 9.81. The molecule has 52 heavy (non-hydrogen) atoms. The number of allylic oxidation sites excluding steroid dienone is 1. The van der Waals surface area contributed by atoms with Gasteiger partial charge >= 0.3 is 0 Å². The van der Waals surface area contributed by atoms with E-state index in [4.69, 9.17) is 8.83 Å². The predicted molar refractivity (Wildman–Crippen MR) is 223 cm³/mol. The Morgan fingerprint density at radius 2 is 1.06 bits per heavy atom. The molecule has 0 bridgehead atoms. The molecule has 0 amide bonds. The van der Waals surface area contributed by atoms with Crippen LogP contribution >= 0.6 is 11.3 Å². The first kappa shape index (κ1) is 30.4. The van der Waals surface area contributed by atoms with Crippen LogP contribution in [0.3, 0.4) is 0 Å². The maximum atomic E-state index is 5.59. The van der Waals surface area contributed by atoms with E-state index in [2.05, 4.69) is 141 Å². The second-order valence-electron chi connectivity index (χ2n) is 13.2. The summed E-state index contributed by atoms with van der Waals surface area (Å²) in [5.74, 6) is 0. The van der Waals surface area contributed by atoms with Crippen LogP contribution in [0.1, 0.15) is 18.1 Å². The van der Waals surface area contributed by atoms with E-state index in [1.807, 2.05) is 36.0 Å². The minimum absolute atomic E-state index is 1.06. The van der Waals surface area contributed by atoms with Gasteiger partial charge in [0.2, 0.25) is 0 Å². The lowest BCUT2D eigenvalue weighted by atomic mass is 9.83. The monoisotopic (exact) mass is 684 g/mol. The van der Waals surface area contributed by atoms with Crippen LogP contribution in [-0.2, 0) is 0 Å². The maximum Gasteiger partial charge on any atom is 0.0981 e. The Balaban J connectivity index is 1.25. The second kappa shape index (κ2) is 12.1. The van der Waals surface area contributed by atoms with Crippen molar-refractivity contribution in [2.45, 2.75) is 6.92 Å². The van der Waals surface area contributed by atoms with E-state index in [-0.39, 0.29) is 0 Å². The molecule has 0 saturated carbocycles. The third kappa shape index (κ3) is 4.50. The Hall–Kier alpha value is -6.42. The van der Waals surface area contributed by atoms with Crippen molar-refractivity contribution in [3.63, 3.8) is 0 Å². The van der Waals surface area contributed by atoms with Crippen LogP contribution in [-0.4, -0.2) is 0 Å². The highest BCUT2D eigenvalue weighted by atomic mass is 32.1. The Kier molecular flexibility index (Phi) is 7.09. The van der Waals surface area contributed by atoms with Crippen LogP contribution in [0.5, 0.6) is 0 Å². The van der Waals surface area contributed by atoms with Crippen LogP contribution in [0.25, 0.3) is 109 Å². The molecular weight excluding hydrogens is 653 g/mol. The van der Waals surface area contributed by atoms with E-state index in [0.29, 0.717) is 0 Å². The molecule has 0 atom stereocenters. The van der Waals surface area contributed by atoms with Crippen LogP contribution in [0, 0.1) is 0 Å². The van der Waals surface area contributed by atoms with Gasteiger partial charge in [-0.1, -0.05) is 122 Å². The van der Waals surface area contributed by atoms with Crippen molar-refractivity contribution in [2.75, 3.05) is 0 Å². The van der Waals surface area contributed by atoms with Gasteiger partial charge in [-0.15, -0.1) is 11.3 Å². The minimum atomic E-state index is 1.06. The summed E-state index contributed by atoms with van der Waals surface area (Å²) >= 11 is 1.86. The van der Waals surface area contributed by atoms with Crippen molar-refractivity contribution < 1.29 is 8.83 Å². The highest BCUT2D eigenvalue weighted by Crippen LogP contribution is 2.49. The van der Waals surface area contributed by atoms with Gasteiger partial charge in [-0.05, 0) is 96.9 Å². The van der Waals surface area contributed by atoms with E-state index < -0.39 is 0 Å². The molecule has 0 N–H and O–H groups in total. The zero-order chi connectivity index (χ0) is 34.8. The van der Waals surface area contributed by atoms with Crippen LogP contribution < -0.4 is 0 Å². The summed E-state index contributed by atoms with van der Waals surface area (Å²) in [6.07, 6.45) is 13.5. The third-order valence-electron chi connectivity index (χ3n) is 10.4. The molecule has 0 aliphatic carbocycles. The largest absolute Gasteiger partial charge is 0.472 e. The molecule has 0 unspecified atom stereocenters. The fourth-order valence-corrected chi connectivity index (χ4v) is 9.56. The predicted octanol–water partition coefficient (Wildman–Crippen LogP) is 15.0. The van der Waals surface area contributed by atoms with E-state index in [1.165, 1.54) is 80.3 Å². The fraction of sp³-hybridized carbons (Fsp3) is 0.0204. The molecule has 0 spiro atoms. The molecule has 10 rings (SSSR count). The molecule has 246 valence electrons. The first-order chi connectivity index (χ1) is 25.7. The molecule has 10 aromatic rings. The summed E-state index contributed by atoms with van der Waals surface area (Å²) in [5.41, 5.74) is 11.7. The average Bonchev–Trinajstić information content (AvgIpc) is 3.99. The molecule has 0 aliphatic heterocycles. The zero-order valence-electron chi connectivity index (χ0n) is 28.5. The van der Waals surface area contributed by atoms with Crippen molar-refractivity contribution in [2.24, 2.45) is 0 Å². The summed E-state index contributed by atoms with van der Waals surface area (Å²) in [6, 6.07) is 44.2. The second-order valence-corrected chi connectivity index (χ2v) is 14.3. The summed E-state index contributed by atoms with van der Waals surface area (Å²) in [4.78, 5) is 0. The molecule has 0 saturated heterocycles. The van der Waals surface area contributed by atoms with Gasteiger partial charge in [0, 0.05) is 42.4 Å². The lowest BCUT2D eigenvalue weighted by Gasteiger charge is -2.20. The molecule has 0 radical (unpaired) electrons. The van der Waals surface area contributed by atoms with Crippen LogP contribution in [0.4, 0.5) is 0 Å². The Bertz CT molecular complexity index is 2970.